The number of fused-ring (bicyclic) bond motifs is 2. The average molecular weight is 489 g/mol. The molecule has 0 bridgehead atoms. The molecule has 1 aliphatic carbocycles. The van der Waals surface area contributed by atoms with Gasteiger partial charge in [0.1, 0.15) is 12.0 Å². The molecule has 0 amide bonds. The molecule has 7 nitrogen and oxygen atoms in total. The van der Waals surface area contributed by atoms with Crippen LogP contribution in [0, 0.1) is 5.92 Å². The van der Waals surface area contributed by atoms with Gasteiger partial charge in [0.2, 0.25) is 5.88 Å². The highest BCUT2D eigenvalue weighted by Crippen LogP contribution is 2.41. The van der Waals surface area contributed by atoms with Crippen LogP contribution in [0.15, 0.2) is 65.7 Å². The molecule has 2 aliphatic rings. The monoisotopic (exact) mass is 488 g/mol. The summed E-state index contributed by atoms with van der Waals surface area (Å²) in [7, 11) is -3.33. The largest absolute Gasteiger partial charge is 0.472 e. The normalized spacial score (nSPS) is 17.9. The molecule has 3 heterocycles. The van der Waals surface area contributed by atoms with E-state index in [0.717, 1.165) is 34.3 Å². The van der Waals surface area contributed by atoms with Gasteiger partial charge in [-0.15, -0.1) is 0 Å². The van der Waals surface area contributed by atoms with Crippen molar-refractivity contribution >= 4 is 32.2 Å². The molecule has 0 saturated heterocycles. The number of aromatic nitrogens is 3. The lowest BCUT2D eigenvalue weighted by Gasteiger charge is -2.15. The summed E-state index contributed by atoms with van der Waals surface area (Å²) >= 11 is 0. The second-order valence-electron chi connectivity index (χ2n) is 10.1. The summed E-state index contributed by atoms with van der Waals surface area (Å²) in [6.45, 7) is 4.83. The van der Waals surface area contributed by atoms with Crippen LogP contribution in [-0.4, -0.2) is 27.9 Å². The van der Waals surface area contributed by atoms with Gasteiger partial charge in [0.15, 0.2) is 15.7 Å². The predicted octanol–water partition coefficient (Wildman–Crippen LogP) is 5.27. The van der Waals surface area contributed by atoms with E-state index in [4.69, 9.17) is 9.84 Å². The van der Waals surface area contributed by atoms with Crippen LogP contribution in [0.5, 0.6) is 5.88 Å². The fourth-order valence-electron chi connectivity index (χ4n) is 4.75. The van der Waals surface area contributed by atoms with Gasteiger partial charge in [-0.2, -0.15) is 5.10 Å². The van der Waals surface area contributed by atoms with E-state index in [1.54, 1.807) is 26.1 Å². The molecule has 0 atom stereocenters. The van der Waals surface area contributed by atoms with Crippen molar-refractivity contribution in [2.24, 2.45) is 5.92 Å². The maximum absolute atomic E-state index is 12.8. The Hall–Kier alpha value is -3.39. The number of benzene rings is 2. The molecule has 1 fully saturated rings. The van der Waals surface area contributed by atoms with Crippen LogP contribution in [0.1, 0.15) is 37.8 Å². The van der Waals surface area contributed by atoms with Crippen LogP contribution < -0.4 is 10.1 Å². The minimum Gasteiger partial charge on any atom is -0.472 e. The molecule has 1 aliphatic heterocycles. The van der Waals surface area contributed by atoms with Gasteiger partial charge in [-0.3, -0.25) is 4.68 Å². The third-order valence-electron chi connectivity index (χ3n) is 6.93. The molecule has 8 heteroatoms. The van der Waals surface area contributed by atoms with Crippen LogP contribution in [0.3, 0.4) is 0 Å². The summed E-state index contributed by atoms with van der Waals surface area (Å²) in [6.07, 6.45) is 4.70. The first-order chi connectivity index (χ1) is 16.8. The second kappa shape index (κ2) is 8.09. The predicted molar refractivity (Wildman–Crippen MR) is 136 cm³/mol. The SMILES string of the molecule is CC1(C)Cc2cc(Nc3nn(CC4CC4)c4ccnc(OCc5ccccc5)c34)ccc2S1(=O)=O. The Labute approximate surface area is 205 Å². The van der Waals surface area contributed by atoms with E-state index in [9.17, 15) is 8.42 Å². The molecule has 6 rings (SSSR count). The number of nitrogens with one attached hydrogen (secondary N) is 1. The molecular weight excluding hydrogens is 460 g/mol. The van der Waals surface area contributed by atoms with Gasteiger partial charge in [-0.1, -0.05) is 30.3 Å². The van der Waals surface area contributed by atoms with Crippen LogP contribution in [0.25, 0.3) is 10.9 Å². The van der Waals surface area contributed by atoms with E-state index in [2.05, 4.69) is 10.3 Å². The molecule has 35 heavy (non-hydrogen) atoms. The molecule has 180 valence electrons. The van der Waals surface area contributed by atoms with E-state index >= 15 is 0 Å². The van der Waals surface area contributed by atoms with Crippen molar-refractivity contribution in [2.75, 3.05) is 5.32 Å². The summed E-state index contributed by atoms with van der Waals surface area (Å²) in [5.41, 5.74) is 3.67. The maximum atomic E-state index is 12.8. The van der Waals surface area contributed by atoms with Gasteiger partial charge in [0, 0.05) is 18.4 Å². The van der Waals surface area contributed by atoms with E-state index < -0.39 is 14.6 Å². The Morgan fingerprint density at radius 3 is 2.69 bits per heavy atom. The van der Waals surface area contributed by atoms with E-state index in [1.165, 1.54) is 12.8 Å². The zero-order valence-corrected chi connectivity index (χ0v) is 20.7. The number of nitrogens with zero attached hydrogens (tertiary/aromatic N) is 3. The third kappa shape index (κ3) is 3.95. The molecular formula is C27H28N4O3S. The first kappa shape index (κ1) is 22.1. The van der Waals surface area contributed by atoms with Crippen molar-refractivity contribution in [3.63, 3.8) is 0 Å². The van der Waals surface area contributed by atoms with Gasteiger partial charge < -0.3 is 10.1 Å². The Kier molecular flexibility index (Phi) is 5.11. The van der Waals surface area contributed by atoms with E-state index in [-0.39, 0.29) is 0 Å². The third-order valence-corrected chi connectivity index (χ3v) is 9.51. The first-order valence-corrected chi connectivity index (χ1v) is 13.5. The van der Waals surface area contributed by atoms with Crippen molar-refractivity contribution < 1.29 is 13.2 Å². The van der Waals surface area contributed by atoms with Crippen LogP contribution in [0.4, 0.5) is 11.5 Å². The van der Waals surface area contributed by atoms with Gasteiger partial charge >= 0.3 is 0 Å². The molecule has 1 saturated carbocycles. The standard InChI is InChI=1S/C27H28N4O3S/c1-27(2)15-20-14-21(10-11-23(20)35(27,32)33)29-25-24-22(31(30-25)16-18-8-9-18)12-13-28-26(24)34-17-19-6-4-3-5-7-19/h3-7,10-14,18H,8-9,15-17H2,1-2H3,(H,29,30). The van der Waals surface area contributed by atoms with E-state index in [0.29, 0.717) is 35.5 Å². The number of ether oxygens (including phenoxy) is 1. The molecule has 0 spiro atoms. The molecule has 0 unspecified atom stereocenters. The zero-order valence-electron chi connectivity index (χ0n) is 19.9. The Morgan fingerprint density at radius 1 is 1.11 bits per heavy atom. The lowest BCUT2D eigenvalue weighted by Crippen LogP contribution is -2.27. The van der Waals surface area contributed by atoms with Crippen LogP contribution in [-0.2, 0) is 29.4 Å². The minimum absolute atomic E-state index is 0.409. The molecule has 2 aromatic heterocycles. The summed E-state index contributed by atoms with van der Waals surface area (Å²) < 4.78 is 33.1. The van der Waals surface area contributed by atoms with Gasteiger partial charge in [0.05, 0.1) is 15.2 Å². The van der Waals surface area contributed by atoms with Gasteiger partial charge in [-0.25, -0.2) is 13.4 Å². The Morgan fingerprint density at radius 2 is 1.91 bits per heavy atom. The Balaban J connectivity index is 1.37. The second-order valence-corrected chi connectivity index (χ2v) is 12.7. The first-order valence-electron chi connectivity index (χ1n) is 12.0. The summed E-state index contributed by atoms with van der Waals surface area (Å²) in [5.74, 6) is 1.85. The van der Waals surface area contributed by atoms with Crippen LogP contribution >= 0.6 is 0 Å². The summed E-state index contributed by atoms with van der Waals surface area (Å²) in [6, 6.07) is 17.4. The molecule has 4 aromatic rings. The fourth-order valence-corrected chi connectivity index (χ4v) is 6.41. The highest BCUT2D eigenvalue weighted by atomic mass is 32.2. The lowest BCUT2D eigenvalue weighted by molar-refractivity contribution is 0.298. The Bertz CT molecular complexity index is 1520. The lowest BCUT2D eigenvalue weighted by atomic mass is 10.0. The quantitative estimate of drug-likeness (QED) is 0.381. The average Bonchev–Trinajstić information content (AvgIpc) is 3.55. The van der Waals surface area contributed by atoms with Crippen molar-refractivity contribution in [2.45, 2.75) is 55.9 Å². The van der Waals surface area contributed by atoms with E-state index in [1.807, 2.05) is 53.2 Å². The smallest absolute Gasteiger partial charge is 0.227 e. The number of sulfone groups is 1. The highest BCUT2D eigenvalue weighted by Gasteiger charge is 2.43. The van der Waals surface area contributed by atoms with Gasteiger partial charge in [0.25, 0.3) is 0 Å². The van der Waals surface area contributed by atoms with Gasteiger partial charge in [-0.05, 0) is 74.4 Å². The zero-order chi connectivity index (χ0) is 24.2. The van der Waals surface area contributed by atoms with Crippen molar-refractivity contribution in [1.82, 2.24) is 14.8 Å². The fraction of sp³-hybridized carbons (Fsp3) is 0.333. The number of rotatable bonds is 7. The summed E-state index contributed by atoms with van der Waals surface area (Å²) in [5, 5.41) is 9.17. The molecule has 1 N–H and O–H groups in total. The topological polar surface area (TPSA) is 86.1 Å². The minimum atomic E-state index is -3.33. The maximum Gasteiger partial charge on any atom is 0.227 e. The number of hydrogen-bond acceptors (Lipinski definition) is 6. The molecule has 2 aromatic carbocycles. The number of hydrogen-bond donors (Lipinski definition) is 1. The number of pyridine rings is 1. The molecule has 0 radical (unpaired) electrons. The van der Waals surface area contributed by atoms with Crippen LogP contribution in [0.2, 0.25) is 0 Å². The number of anilines is 2. The van der Waals surface area contributed by atoms with Crippen molar-refractivity contribution in [3.8, 4) is 5.88 Å². The van der Waals surface area contributed by atoms with Crippen molar-refractivity contribution in [3.05, 3.63) is 71.9 Å². The summed E-state index contributed by atoms with van der Waals surface area (Å²) in [4.78, 5) is 4.96. The highest BCUT2D eigenvalue weighted by molar-refractivity contribution is 7.93. The van der Waals surface area contributed by atoms with Crippen molar-refractivity contribution in [1.29, 1.82) is 0 Å².